The van der Waals surface area contributed by atoms with Crippen LogP contribution in [0.25, 0.3) is 22.4 Å². The number of amides is 3. The van der Waals surface area contributed by atoms with E-state index in [1.165, 1.54) is 18.4 Å². The van der Waals surface area contributed by atoms with E-state index < -0.39 is 18.0 Å². The Morgan fingerprint density at radius 2 is 1.67 bits per heavy atom. The Balaban J connectivity index is 1.29. The van der Waals surface area contributed by atoms with Crippen molar-refractivity contribution in [2.75, 3.05) is 25.0 Å². The molecule has 4 aromatic carbocycles. The number of anilines is 1. The number of primary amides is 1. The molecule has 0 bridgehead atoms. The van der Waals surface area contributed by atoms with Crippen LogP contribution in [-0.4, -0.2) is 46.0 Å². The van der Waals surface area contributed by atoms with Gasteiger partial charge in [0.2, 0.25) is 5.91 Å². The summed E-state index contributed by atoms with van der Waals surface area (Å²) < 4.78 is 8.61. The molecule has 1 aromatic heterocycles. The number of hydrogen-bond acceptors (Lipinski definition) is 5. The Morgan fingerprint density at radius 3 is 2.38 bits per heavy atom. The van der Waals surface area contributed by atoms with Gasteiger partial charge in [0, 0.05) is 17.8 Å². The molecular formula is C43H52N6O3. The molecule has 0 spiro atoms. The van der Waals surface area contributed by atoms with Gasteiger partial charge < -0.3 is 30.6 Å². The summed E-state index contributed by atoms with van der Waals surface area (Å²) in [6.45, 7) is 15.0. The van der Waals surface area contributed by atoms with Crippen LogP contribution in [0.3, 0.4) is 0 Å². The predicted molar refractivity (Wildman–Crippen MR) is 210 cm³/mol. The maximum atomic E-state index is 13.1. The first-order valence-corrected chi connectivity index (χ1v) is 18.5. The van der Waals surface area contributed by atoms with Crippen LogP contribution in [0.5, 0.6) is 11.5 Å². The number of nitrogens with zero attached hydrogens (tertiary/aromatic N) is 3. The van der Waals surface area contributed by atoms with E-state index in [0.29, 0.717) is 5.69 Å². The van der Waals surface area contributed by atoms with E-state index in [9.17, 15) is 9.59 Å². The number of aromatic nitrogens is 2. The number of ether oxygens (including phenoxy) is 1. The van der Waals surface area contributed by atoms with Crippen LogP contribution in [-0.2, 0) is 16.8 Å². The third kappa shape index (κ3) is 9.19. The lowest BCUT2D eigenvalue weighted by atomic mass is 9.87. The molecule has 272 valence electrons. The van der Waals surface area contributed by atoms with Gasteiger partial charge in [-0.3, -0.25) is 4.79 Å². The molecule has 1 saturated heterocycles. The van der Waals surface area contributed by atoms with Crippen LogP contribution >= 0.6 is 0 Å². The molecule has 1 atom stereocenters. The molecule has 52 heavy (non-hydrogen) atoms. The van der Waals surface area contributed by atoms with Gasteiger partial charge in [-0.15, -0.1) is 0 Å². The first-order chi connectivity index (χ1) is 24.9. The summed E-state index contributed by atoms with van der Waals surface area (Å²) >= 11 is 0. The van der Waals surface area contributed by atoms with Gasteiger partial charge in [-0.05, 0) is 116 Å². The monoisotopic (exact) mass is 700 g/mol. The largest absolute Gasteiger partial charge is 0.457 e. The number of nitrogens with one attached hydrogen (secondary N) is 2. The fourth-order valence-corrected chi connectivity index (χ4v) is 6.89. The van der Waals surface area contributed by atoms with E-state index in [2.05, 4.69) is 66.0 Å². The Bertz CT molecular complexity index is 2000. The zero-order valence-electron chi connectivity index (χ0n) is 31.1. The second-order valence-electron chi connectivity index (χ2n) is 15.3. The molecule has 5 aromatic rings. The lowest BCUT2D eigenvalue weighted by molar-refractivity contribution is -0.118. The van der Waals surface area contributed by atoms with Gasteiger partial charge in [0.15, 0.2) is 0 Å². The fraction of sp³-hybridized carbons (Fsp3) is 0.372. The third-order valence-corrected chi connectivity index (χ3v) is 10.1. The zero-order valence-corrected chi connectivity index (χ0v) is 31.1. The molecule has 9 heteroatoms. The Hall–Kier alpha value is -5.15. The highest BCUT2D eigenvalue weighted by atomic mass is 16.5. The number of fused-ring (bicyclic) bond motifs is 1. The second-order valence-corrected chi connectivity index (χ2v) is 15.3. The molecular weight excluding hydrogens is 649 g/mol. The van der Waals surface area contributed by atoms with Crippen molar-refractivity contribution < 1.29 is 14.3 Å². The first kappa shape index (κ1) is 36.6. The lowest BCUT2D eigenvalue weighted by Crippen LogP contribution is -2.35. The van der Waals surface area contributed by atoms with Crippen molar-refractivity contribution in [1.82, 2.24) is 19.8 Å². The summed E-state index contributed by atoms with van der Waals surface area (Å²) in [6, 6.07) is 28.8. The van der Waals surface area contributed by atoms with E-state index in [0.717, 1.165) is 83.6 Å². The standard InChI is InChI=1S/C43H52N6O3/c1-29-20-24-48(25-21-29)22-9-23-49-39-19-14-31(37(28-40(44)50)47-42(51)46-36-13-7-6-10-30(36)2)27-38(39)45-41(49)32-11-8-12-35(26-32)52-34-17-15-33(16-18-34)43(3,4)5/h6-8,10-19,26-27,29,37H,9,20-25,28H2,1-5H3,(H2,44,50)(H2,46,47,51). The normalized spacial score (nSPS) is 14.6. The highest BCUT2D eigenvalue weighted by Crippen LogP contribution is 2.33. The average molecular weight is 701 g/mol. The molecule has 1 aliphatic rings. The Kier molecular flexibility index (Phi) is 11.3. The number of piperidine rings is 1. The molecule has 6 rings (SSSR count). The Morgan fingerprint density at radius 1 is 0.923 bits per heavy atom. The highest BCUT2D eigenvalue weighted by molar-refractivity contribution is 5.91. The van der Waals surface area contributed by atoms with E-state index in [1.807, 2.05) is 79.7 Å². The number of aryl methyl sites for hydroxylation is 2. The third-order valence-electron chi connectivity index (χ3n) is 10.1. The topological polar surface area (TPSA) is 115 Å². The smallest absolute Gasteiger partial charge is 0.319 e. The first-order valence-electron chi connectivity index (χ1n) is 18.5. The quantitative estimate of drug-likeness (QED) is 0.120. The van der Waals surface area contributed by atoms with Crippen LogP contribution in [0.1, 0.15) is 76.1 Å². The molecule has 0 radical (unpaired) electrons. The number of nitrogens with two attached hydrogens (primary N) is 1. The van der Waals surface area contributed by atoms with E-state index in [1.54, 1.807) is 0 Å². The summed E-state index contributed by atoms with van der Waals surface area (Å²) in [5.74, 6) is 2.63. The van der Waals surface area contributed by atoms with Crippen molar-refractivity contribution in [2.24, 2.45) is 11.7 Å². The number of urea groups is 1. The minimum absolute atomic E-state index is 0.0508. The minimum Gasteiger partial charge on any atom is -0.457 e. The van der Waals surface area contributed by atoms with Crippen molar-refractivity contribution in [3.63, 3.8) is 0 Å². The SMILES string of the molecule is Cc1ccccc1NC(=O)NC(CC(N)=O)c1ccc2c(c1)nc(-c1cccc(Oc3ccc(C(C)(C)C)cc3)c1)n2CCCN1CCC(C)CC1. The predicted octanol–water partition coefficient (Wildman–Crippen LogP) is 8.96. The van der Waals surface area contributed by atoms with Crippen LogP contribution in [0, 0.1) is 12.8 Å². The van der Waals surface area contributed by atoms with Gasteiger partial charge in [0.1, 0.15) is 17.3 Å². The number of benzene rings is 4. The van der Waals surface area contributed by atoms with E-state index in [-0.39, 0.29) is 11.8 Å². The number of hydrogen-bond donors (Lipinski definition) is 3. The molecule has 0 aliphatic carbocycles. The van der Waals surface area contributed by atoms with Gasteiger partial charge in [0.25, 0.3) is 0 Å². The van der Waals surface area contributed by atoms with Gasteiger partial charge in [-0.1, -0.05) is 76.2 Å². The minimum atomic E-state index is -0.637. The van der Waals surface area contributed by atoms with Crippen LogP contribution in [0.4, 0.5) is 10.5 Å². The fourth-order valence-electron chi connectivity index (χ4n) is 6.89. The lowest BCUT2D eigenvalue weighted by Gasteiger charge is -2.30. The summed E-state index contributed by atoms with van der Waals surface area (Å²) in [5.41, 5.74) is 12.1. The molecule has 9 nitrogen and oxygen atoms in total. The maximum absolute atomic E-state index is 13.1. The summed E-state index contributed by atoms with van der Waals surface area (Å²) in [7, 11) is 0. The van der Waals surface area contributed by atoms with Crippen molar-refractivity contribution in [2.45, 2.75) is 78.3 Å². The second kappa shape index (κ2) is 16.0. The summed E-state index contributed by atoms with van der Waals surface area (Å²) in [6.07, 6.45) is 3.43. The van der Waals surface area contributed by atoms with Crippen molar-refractivity contribution in [3.05, 3.63) is 108 Å². The highest BCUT2D eigenvalue weighted by Gasteiger charge is 2.22. The number of carbonyl (C=O) groups is 2. The molecule has 4 N–H and O–H groups in total. The van der Waals surface area contributed by atoms with Crippen molar-refractivity contribution in [1.29, 1.82) is 0 Å². The number of rotatable bonds is 12. The molecule has 3 amide bonds. The zero-order chi connectivity index (χ0) is 36.8. The van der Waals surface area contributed by atoms with E-state index >= 15 is 0 Å². The van der Waals surface area contributed by atoms with Crippen molar-refractivity contribution >= 4 is 28.7 Å². The maximum Gasteiger partial charge on any atom is 0.319 e. The molecule has 1 fully saturated rings. The number of para-hydroxylation sites is 1. The molecule has 0 saturated carbocycles. The van der Waals surface area contributed by atoms with Gasteiger partial charge in [0.05, 0.1) is 23.5 Å². The van der Waals surface area contributed by atoms with Crippen LogP contribution < -0.4 is 21.1 Å². The summed E-state index contributed by atoms with van der Waals surface area (Å²) in [5, 5.41) is 5.87. The molecule has 1 aliphatic heterocycles. The van der Waals surface area contributed by atoms with Crippen LogP contribution in [0.15, 0.2) is 91.0 Å². The number of carbonyl (C=O) groups excluding carboxylic acids is 2. The van der Waals surface area contributed by atoms with Crippen molar-refractivity contribution in [3.8, 4) is 22.9 Å². The average Bonchev–Trinajstić information content (AvgIpc) is 3.47. The van der Waals surface area contributed by atoms with Crippen LogP contribution in [0.2, 0.25) is 0 Å². The Labute approximate surface area is 307 Å². The van der Waals surface area contributed by atoms with Gasteiger partial charge in [-0.2, -0.15) is 0 Å². The summed E-state index contributed by atoms with van der Waals surface area (Å²) in [4.78, 5) is 33.0. The number of likely N-dealkylation sites (tertiary alicyclic amines) is 1. The molecule has 1 unspecified atom stereocenters. The van der Waals surface area contributed by atoms with Gasteiger partial charge in [-0.25, -0.2) is 9.78 Å². The number of imidazole rings is 1. The van der Waals surface area contributed by atoms with Gasteiger partial charge >= 0.3 is 6.03 Å². The van der Waals surface area contributed by atoms with E-state index in [4.69, 9.17) is 15.5 Å². The molecule has 2 heterocycles.